The molecule has 6 heteroatoms. The number of aromatic amines is 1. The number of hydrogen-bond donors (Lipinski definition) is 1. The van der Waals surface area contributed by atoms with E-state index in [-0.39, 0.29) is 6.09 Å². The minimum absolute atomic E-state index is 0.302. The van der Waals surface area contributed by atoms with Gasteiger partial charge in [-0.05, 0) is 50.5 Å². The zero-order valence-corrected chi connectivity index (χ0v) is 12.9. The Kier molecular flexibility index (Phi) is 2.96. The van der Waals surface area contributed by atoms with Crippen molar-refractivity contribution in [2.24, 2.45) is 0 Å². The minimum Gasteiger partial charge on any atom is -0.444 e. The molecule has 2 heterocycles. The van der Waals surface area contributed by atoms with E-state index in [2.05, 4.69) is 26.1 Å². The third-order valence-corrected chi connectivity index (χ3v) is 3.69. The van der Waals surface area contributed by atoms with Crippen LogP contribution in [0.25, 0.3) is 0 Å². The molecule has 5 nitrogen and oxygen atoms in total. The number of halogens is 1. The summed E-state index contributed by atoms with van der Waals surface area (Å²) >= 11 is 3.39. The standard InChI is InChI=1S/C12H18BrN3O2/c1-11(2,3)18-10(17)16-6-7-8(12(16,4)5)14-15-9(7)13/h6H2,1-5H3,(H,14,15). The van der Waals surface area contributed by atoms with E-state index in [4.69, 9.17) is 4.74 Å². The SMILES string of the molecule is CC(C)(C)OC(=O)N1Cc2c(Br)n[nH]c2C1(C)C. The Bertz CT molecular complexity index is 488. The third-order valence-electron chi connectivity index (χ3n) is 3.03. The first-order chi connectivity index (χ1) is 8.13. The molecule has 2 rings (SSSR count). The Morgan fingerprint density at radius 1 is 1.50 bits per heavy atom. The minimum atomic E-state index is -0.487. The molecule has 0 aliphatic carbocycles. The molecule has 18 heavy (non-hydrogen) atoms. The predicted molar refractivity (Wildman–Crippen MR) is 71.1 cm³/mol. The fourth-order valence-corrected chi connectivity index (χ4v) is 2.51. The first kappa shape index (κ1) is 13.4. The van der Waals surface area contributed by atoms with E-state index in [9.17, 15) is 4.79 Å². The van der Waals surface area contributed by atoms with Crippen molar-refractivity contribution in [1.29, 1.82) is 0 Å². The van der Waals surface area contributed by atoms with Gasteiger partial charge >= 0.3 is 6.09 Å². The van der Waals surface area contributed by atoms with Crippen molar-refractivity contribution in [3.63, 3.8) is 0 Å². The summed E-state index contributed by atoms with van der Waals surface area (Å²) in [6.07, 6.45) is -0.302. The summed E-state index contributed by atoms with van der Waals surface area (Å²) in [6.45, 7) is 10.1. The Morgan fingerprint density at radius 3 is 2.61 bits per heavy atom. The molecule has 0 saturated carbocycles. The highest BCUT2D eigenvalue weighted by Crippen LogP contribution is 2.40. The molecule has 1 amide bonds. The highest BCUT2D eigenvalue weighted by molar-refractivity contribution is 9.10. The van der Waals surface area contributed by atoms with Crippen LogP contribution < -0.4 is 0 Å². The molecule has 0 bridgehead atoms. The molecule has 0 unspecified atom stereocenters. The maximum absolute atomic E-state index is 12.2. The maximum atomic E-state index is 12.2. The molecule has 100 valence electrons. The fraction of sp³-hybridized carbons (Fsp3) is 0.667. The average Bonchev–Trinajstić information content (AvgIpc) is 2.64. The van der Waals surface area contributed by atoms with E-state index in [1.807, 2.05) is 34.6 Å². The molecule has 0 radical (unpaired) electrons. The van der Waals surface area contributed by atoms with Gasteiger partial charge in [-0.2, -0.15) is 5.10 Å². The van der Waals surface area contributed by atoms with Crippen LogP contribution in [0.2, 0.25) is 0 Å². The topological polar surface area (TPSA) is 58.2 Å². The van der Waals surface area contributed by atoms with E-state index in [0.29, 0.717) is 6.54 Å². The number of aromatic nitrogens is 2. The van der Waals surface area contributed by atoms with Crippen molar-refractivity contribution >= 4 is 22.0 Å². The van der Waals surface area contributed by atoms with E-state index in [0.717, 1.165) is 15.9 Å². The van der Waals surface area contributed by atoms with Gasteiger partial charge in [0.15, 0.2) is 0 Å². The number of amides is 1. The van der Waals surface area contributed by atoms with Gasteiger partial charge in [-0.25, -0.2) is 4.79 Å². The lowest BCUT2D eigenvalue weighted by Gasteiger charge is -2.33. The van der Waals surface area contributed by atoms with Crippen molar-refractivity contribution in [2.45, 2.75) is 52.3 Å². The lowest BCUT2D eigenvalue weighted by molar-refractivity contribution is 0.00444. The van der Waals surface area contributed by atoms with Gasteiger partial charge in [0.05, 0.1) is 17.8 Å². The Labute approximate surface area is 115 Å². The number of carbonyl (C=O) groups excluding carboxylic acids is 1. The molecule has 1 aliphatic heterocycles. The predicted octanol–water partition coefficient (Wildman–Crippen LogP) is 3.16. The second-order valence-electron chi connectivity index (χ2n) is 5.99. The molecule has 1 aromatic rings. The van der Waals surface area contributed by atoms with Crippen molar-refractivity contribution < 1.29 is 9.53 Å². The highest BCUT2D eigenvalue weighted by atomic mass is 79.9. The van der Waals surface area contributed by atoms with Crippen LogP contribution in [0.4, 0.5) is 4.79 Å². The highest BCUT2D eigenvalue weighted by Gasteiger charge is 2.44. The number of carbonyl (C=O) groups is 1. The van der Waals surface area contributed by atoms with Crippen LogP contribution in [-0.2, 0) is 16.8 Å². The molecule has 1 aromatic heterocycles. The summed E-state index contributed by atoms with van der Waals surface area (Å²) in [5.41, 5.74) is 1.06. The van der Waals surface area contributed by atoms with Gasteiger partial charge in [0.1, 0.15) is 10.2 Å². The van der Waals surface area contributed by atoms with Crippen LogP contribution in [0.5, 0.6) is 0 Å². The zero-order chi connectivity index (χ0) is 13.7. The summed E-state index contributed by atoms with van der Waals surface area (Å²) in [7, 11) is 0. The van der Waals surface area contributed by atoms with Crippen LogP contribution in [0.3, 0.4) is 0 Å². The summed E-state index contributed by atoms with van der Waals surface area (Å²) in [6, 6.07) is 0. The lowest BCUT2D eigenvalue weighted by atomic mass is 10.0. The molecule has 0 atom stereocenters. The first-order valence-electron chi connectivity index (χ1n) is 5.87. The Morgan fingerprint density at radius 2 is 2.11 bits per heavy atom. The Balaban J connectivity index is 2.26. The summed E-state index contributed by atoms with van der Waals surface area (Å²) < 4.78 is 6.20. The van der Waals surface area contributed by atoms with Crippen LogP contribution >= 0.6 is 15.9 Å². The number of nitrogens with one attached hydrogen (secondary N) is 1. The monoisotopic (exact) mass is 315 g/mol. The zero-order valence-electron chi connectivity index (χ0n) is 11.3. The van der Waals surface area contributed by atoms with Crippen molar-refractivity contribution in [3.8, 4) is 0 Å². The van der Waals surface area contributed by atoms with Crippen LogP contribution in [-0.4, -0.2) is 26.8 Å². The molecule has 0 fully saturated rings. The molecule has 0 spiro atoms. The van der Waals surface area contributed by atoms with Gasteiger partial charge in [0.2, 0.25) is 0 Å². The summed E-state index contributed by atoms with van der Waals surface area (Å²) in [5, 5.41) is 7.09. The largest absolute Gasteiger partial charge is 0.444 e. The normalized spacial score (nSPS) is 17.8. The van der Waals surface area contributed by atoms with Crippen LogP contribution in [0, 0.1) is 0 Å². The van der Waals surface area contributed by atoms with E-state index in [1.165, 1.54) is 0 Å². The average molecular weight is 316 g/mol. The molecule has 1 aliphatic rings. The van der Waals surface area contributed by atoms with Crippen LogP contribution in [0.15, 0.2) is 4.60 Å². The maximum Gasteiger partial charge on any atom is 0.411 e. The molecule has 1 N–H and O–H groups in total. The number of fused-ring (bicyclic) bond motifs is 1. The third kappa shape index (κ3) is 2.13. The number of ether oxygens (including phenoxy) is 1. The summed E-state index contributed by atoms with van der Waals surface area (Å²) in [4.78, 5) is 13.9. The Hall–Kier alpha value is -1.04. The number of nitrogens with zero attached hydrogens (tertiary/aromatic N) is 2. The van der Waals surface area contributed by atoms with Crippen molar-refractivity contribution in [1.82, 2.24) is 15.1 Å². The molecular formula is C12H18BrN3O2. The van der Waals surface area contributed by atoms with Gasteiger partial charge < -0.3 is 4.74 Å². The van der Waals surface area contributed by atoms with Crippen LogP contribution in [0.1, 0.15) is 45.9 Å². The van der Waals surface area contributed by atoms with Crippen molar-refractivity contribution in [2.75, 3.05) is 0 Å². The molecular weight excluding hydrogens is 298 g/mol. The fourth-order valence-electron chi connectivity index (χ4n) is 2.09. The quantitative estimate of drug-likeness (QED) is 0.800. The smallest absolute Gasteiger partial charge is 0.411 e. The number of rotatable bonds is 0. The molecule has 0 aromatic carbocycles. The number of H-pyrrole nitrogens is 1. The second kappa shape index (κ2) is 3.98. The second-order valence-corrected chi connectivity index (χ2v) is 6.74. The van der Waals surface area contributed by atoms with Gasteiger partial charge in [0.25, 0.3) is 0 Å². The number of hydrogen-bond acceptors (Lipinski definition) is 3. The van der Waals surface area contributed by atoms with Gasteiger partial charge in [-0.15, -0.1) is 0 Å². The summed E-state index contributed by atoms with van der Waals surface area (Å²) in [5.74, 6) is 0. The van der Waals surface area contributed by atoms with Crippen molar-refractivity contribution in [3.05, 3.63) is 15.9 Å². The van der Waals surface area contributed by atoms with E-state index in [1.54, 1.807) is 4.90 Å². The first-order valence-corrected chi connectivity index (χ1v) is 6.66. The van der Waals surface area contributed by atoms with E-state index >= 15 is 0 Å². The van der Waals surface area contributed by atoms with Gasteiger partial charge in [-0.3, -0.25) is 10.00 Å². The molecule has 0 saturated heterocycles. The van der Waals surface area contributed by atoms with Gasteiger partial charge in [0, 0.05) is 5.56 Å². The lowest BCUT2D eigenvalue weighted by Crippen LogP contribution is -2.43. The van der Waals surface area contributed by atoms with E-state index < -0.39 is 11.1 Å². The van der Waals surface area contributed by atoms with Gasteiger partial charge in [-0.1, -0.05) is 0 Å².